The highest BCUT2D eigenvalue weighted by Gasteiger charge is 2.31. The Kier molecular flexibility index (Phi) is 3.55. The van der Waals surface area contributed by atoms with Crippen molar-refractivity contribution in [1.29, 1.82) is 0 Å². The van der Waals surface area contributed by atoms with E-state index in [1.165, 1.54) is 31.4 Å². The number of hydrogen-bond donors (Lipinski definition) is 2. The molecule has 3 atom stereocenters. The molecule has 3 N–H and O–H groups in total. The molecule has 1 aromatic carbocycles. The minimum atomic E-state index is -0.279. The number of benzene rings is 1. The van der Waals surface area contributed by atoms with Crippen molar-refractivity contribution < 1.29 is 4.39 Å². The molecule has 17 heavy (non-hydrogen) atoms. The molecule has 0 radical (unpaired) electrons. The van der Waals surface area contributed by atoms with Gasteiger partial charge in [0.1, 0.15) is 5.82 Å². The minimum Gasteiger partial charge on any atom is -0.397 e. The van der Waals surface area contributed by atoms with Crippen molar-refractivity contribution in [1.82, 2.24) is 0 Å². The lowest BCUT2D eigenvalue weighted by molar-refractivity contribution is 0.392. The monoisotopic (exact) mass is 236 g/mol. The van der Waals surface area contributed by atoms with Crippen LogP contribution in [-0.2, 0) is 0 Å². The van der Waals surface area contributed by atoms with E-state index in [2.05, 4.69) is 19.2 Å². The average molecular weight is 236 g/mol. The second-order valence-corrected chi connectivity index (χ2v) is 5.09. The summed E-state index contributed by atoms with van der Waals surface area (Å²) in [6, 6.07) is 5.03. The molecule has 3 unspecified atom stereocenters. The van der Waals surface area contributed by atoms with Crippen molar-refractivity contribution in [3.8, 4) is 0 Å². The Bertz CT molecular complexity index is 392. The van der Waals surface area contributed by atoms with Crippen LogP contribution in [0.3, 0.4) is 0 Å². The molecular formula is C14H21FN2. The summed E-state index contributed by atoms with van der Waals surface area (Å²) in [4.78, 5) is 0. The van der Waals surface area contributed by atoms with Crippen molar-refractivity contribution >= 4 is 11.4 Å². The predicted molar refractivity (Wildman–Crippen MR) is 70.4 cm³/mol. The van der Waals surface area contributed by atoms with Gasteiger partial charge in [-0.05, 0) is 42.9 Å². The average Bonchev–Trinajstić information content (AvgIpc) is 2.64. The number of anilines is 2. The van der Waals surface area contributed by atoms with Crippen LogP contribution in [0.25, 0.3) is 0 Å². The van der Waals surface area contributed by atoms with E-state index in [1.807, 2.05) is 0 Å². The second-order valence-electron chi connectivity index (χ2n) is 5.09. The van der Waals surface area contributed by atoms with Gasteiger partial charge in [0.25, 0.3) is 0 Å². The van der Waals surface area contributed by atoms with E-state index in [4.69, 9.17) is 5.73 Å². The molecule has 0 aliphatic heterocycles. The van der Waals surface area contributed by atoms with Gasteiger partial charge in [-0.15, -0.1) is 0 Å². The number of nitrogens with two attached hydrogens (primary N) is 1. The molecular weight excluding hydrogens is 215 g/mol. The number of rotatable bonds is 3. The first-order valence-corrected chi connectivity index (χ1v) is 6.43. The smallest absolute Gasteiger partial charge is 0.125 e. The third kappa shape index (κ3) is 2.54. The molecule has 1 aromatic rings. The maximum atomic E-state index is 12.9. The first-order valence-electron chi connectivity index (χ1n) is 6.43. The molecule has 1 aliphatic rings. The van der Waals surface area contributed by atoms with Gasteiger partial charge in [-0.1, -0.05) is 20.3 Å². The van der Waals surface area contributed by atoms with Crippen LogP contribution >= 0.6 is 0 Å². The van der Waals surface area contributed by atoms with E-state index in [9.17, 15) is 4.39 Å². The molecule has 0 aromatic heterocycles. The van der Waals surface area contributed by atoms with Crippen LogP contribution in [0.5, 0.6) is 0 Å². The van der Waals surface area contributed by atoms with Crippen LogP contribution in [0.15, 0.2) is 18.2 Å². The summed E-state index contributed by atoms with van der Waals surface area (Å²) in [5, 5.41) is 3.46. The van der Waals surface area contributed by atoms with E-state index in [0.717, 1.165) is 11.6 Å². The fraction of sp³-hybridized carbons (Fsp3) is 0.571. The molecule has 1 fully saturated rings. The lowest BCUT2D eigenvalue weighted by Gasteiger charge is -2.22. The molecule has 94 valence electrons. The number of nitrogens with one attached hydrogen (secondary N) is 1. The molecule has 0 saturated heterocycles. The highest BCUT2D eigenvalue weighted by molar-refractivity contribution is 5.66. The first kappa shape index (κ1) is 12.2. The molecule has 2 nitrogen and oxygen atoms in total. The molecule has 0 bridgehead atoms. The largest absolute Gasteiger partial charge is 0.397 e. The first-order chi connectivity index (χ1) is 8.11. The Morgan fingerprint density at radius 2 is 2.18 bits per heavy atom. The summed E-state index contributed by atoms with van der Waals surface area (Å²) >= 11 is 0. The molecule has 2 rings (SSSR count). The van der Waals surface area contributed by atoms with Crippen LogP contribution in [0.1, 0.15) is 33.1 Å². The molecule has 1 aliphatic carbocycles. The van der Waals surface area contributed by atoms with Gasteiger partial charge in [0.15, 0.2) is 0 Å². The second kappa shape index (κ2) is 4.94. The molecule has 3 heteroatoms. The quantitative estimate of drug-likeness (QED) is 0.786. The van der Waals surface area contributed by atoms with Gasteiger partial charge in [-0.3, -0.25) is 0 Å². The maximum absolute atomic E-state index is 12.9. The van der Waals surface area contributed by atoms with Gasteiger partial charge in [0.05, 0.1) is 11.4 Å². The molecule has 0 spiro atoms. The maximum Gasteiger partial charge on any atom is 0.125 e. The van der Waals surface area contributed by atoms with Gasteiger partial charge in [0.2, 0.25) is 0 Å². The van der Waals surface area contributed by atoms with E-state index in [1.54, 1.807) is 6.07 Å². The van der Waals surface area contributed by atoms with Gasteiger partial charge in [0, 0.05) is 6.04 Å². The van der Waals surface area contributed by atoms with Gasteiger partial charge >= 0.3 is 0 Å². The molecule has 1 saturated carbocycles. The highest BCUT2D eigenvalue weighted by atomic mass is 19.1. The third-order valence-electron chi connectivity index (χ3n) is 4.11. The van der Waals surface area contributed by atoms with Crippen LogP contribution < -0.4 is 11.1 Å². The summed E-state index contributed by atoms with van der Waals surface area (Å²) in [6.07, 6.45) is 3.69. The zero-order valence-corrected chi connectivity index (χ0v) is 10.5. The van der Waals surface area contributed by atoms with Crippen molar-refractivity contribution in [2.45, 2.75) is 39.2 Å². The third-order valence-corrected chi connectivity index (χ3v) is 4.11. The van der Waals surface area contributed by atoms with Gasteiger partial charge < -0.3 is 11.1 Å². The van der Waals surface area contributed by atoms with E-state index in [-0.39, 0.29) is 5.82 Å². The van der Waals surface area contributed by atoms with Crippen molar-refractivity contribution in [2.24, 2.45) is 11.8 Å². The summed E-state index contributed by atoms with van der Waals surface area (Å²) in [5.74, 6) is 1.18. The predicted octanol–water partition coefficient (Wildman–Crippen LogP) is 3.64. The Morgan fingerprint density at radius 1 is 1.41 bits per heavy atom. The minimum absolute atomic E-state index is 0.279. The lowest BCUT2D eigenvalue weighted by Crippen LogP contribution is -2.25. The Hall–Kier alpha value is -1.25. The summed E-state index contributed by atoms with van der Waals surface area (Å²) < 4.78 is 12.9. The van der Waals surface area contributed by atoms with Crippen LogP contribution in [-0.4, -0.2) is 6.04 Å². The normalized spacial score (nSPS) is 28.3. The number of halogens is 1. The fourth-order valence-corrected chi connectivity index (χ4v) is 2.89. The summed E-state index contributed by atoms with van der Waals surface area (Å²) in [6.45, 7) is 4.54. The Balaban J connectivity index is 2.06. The van der Waals surface area contributed by atoms with E-state index >= 15 is 0 Å². The number of hydrogen-bond acceptors (Lipinski definition) is 2. The van der Waals surface area contributed by atoms with Crippen molar-refractivity contribution in [3.63, 3.8) is 0 Å². The Labute approximate surface area is 102 Å². The zero-order valence-electron chi connectivity index (χ0n) is 10.5. The highest BCUT2D eigenvalue weighted by Crippen LogP contribution is 2.36. The van der Waals surface area contributed by atoms with Crippen molar-refractivity contribution in [3.05, 3.63) is 24.0 Å². The summed E-state index contributed by atoms with van der Waals surface area (Å²) in [5.41, 5.74) is 7.17. The number of nitrogen functional groups attached to an aromatic ring is 1. The van der Waals surface area contributed by atoms with Crippen molar-refractivity contribution in [2.75, 3.05) is 11.1 Å². The van der Waals surface area contributed by atoms with E-state index in [0.29, 0.717) is 17.6 Å². The summed E-state index contributed by atoms with van der Waals surface area (Å²) in [7, 11) is 0. The fourth-order valence-electron chi connectivity index (χ4n) is 2.89. The lowest BCUT2D eigenvalue weighted by atomic mass is 9.93. The van der Waals surface area contributed by atoms with Crippen LogP contribution in [0.4, 0.5) is 15.8 Å². The zero-order chi connectivity index (χ0) is 12.4. The van der Waals surface area contributed by atoms with Gasteiger partial charge in [-0.25, -0.2) is 4.39 Å². The Morgan fingerprint density at radius 3 is 2.76 bits per heavy atom. The molecule has 0 amide bonds. The van der Waals surface area contributed by atoms with Crippen LogP contribution in [0.2, 0.25) is 0 Å². The standard InChI is InChI=1S/C14H21FN2/c1-3-10-4-6-13(9(10)2)17-14-7-5-11(15)8-12(14)16/h5,7-10,13,17H,3-4,6,16H2,1-2H3. The van der Waals surface area contributed by atoms with Gasteiger partial charge in [-0.2, -0.15) is 0 Å². The SMILES string of the molecule is CCC1CCC(Nc2ccc(F)cc2N)C1C. The molecule has 0 heterocycles. The topological polar surface area (TPSA) is 38.0 Å². The van der Waals surface area contributed by atoms with E-state index < -0.39 is 0 Å². The van der Waals surface area contributed by atoms with Crippen LogP contribution in [0, 0.1) is 17.7 Å².